The van der Waals surface area contributed by atoms with Crippen molar-refractivity contribution in [3.05, 3.63) is 62.7 Å². The molecule has 0 spiro atoms. The minimum atomic E-state index is -0.763. The molecule has 3 N–H and O–H groups in total. The molecular weight excluding hydrogens is 276 g/mol. The van der Waals surface area contributed by atoms with E-state index < -0.39 is 33.5 Å². The fraction of sp³-hybridized carbons (Fsp3) is 0. The first-order valence-electron chi connectivity index (χ1n) is 5.91. The third-order valence-corrected chi connectivity index (χ3v) is 3.38. The molecule has 0 atom stereocenters. The first-order valence-corrected chi connectivity index (χ1v) is 5.91. The van der Waals surface area contributed by atoms with Gasteiger partial charge in [0.25, 0.3) is 5.69 Å². The van der Waals surface area contributed by atoms with Gasteiger partial charge in [0, 0.05) is 17.3 Å². The average molecular weight is 284 g/mol. The predicted octanol–water partition coefficient (Wildman–Crippen LogP) is 1.66. The number of nitrogens with two attached hydrogens (primary N) is 1. The van der Waals surface area contributed by atoms with E-state index in [1.807, 2.05) is 0 Å². The van der Waals surface area contributed by atoms with E-state index in [0.717, 1.165) is 12.1 Å². The molecule has 0 saturated carbocycles. The number of phenolic OH excluding ortho intramolecular Hbond substituents is 1. The maximum Gasteiger partial charge on any atom is 0.281 e. The number of carbonyl (C=O) groups excluding carboxylic acids is 2. The second-order valence-electron chi connectivity index (χ2n) is 4.54. The van der Waals surface area contributed by atoms with E-state index in [1.165, 1.54) is 18.2 Å². The number of carbonyl (C=O) groups is 2. The Morgan fingerprint density at radius 3 is 2.38 bits per heavy atom. The number of nitro groups is 1. The maximum absolute atomic E-state index is 12.5. The number of phenols is 1. The molecule has 21 heavy (non-hydrogen) atoms. The van der Waals surface area contributed by atoms with Crippen LogP contribution in [0.25, 0.3) is 0 Å². The standard InChI is InChI=1S/C14H8N2O5/c15-7-3-1-2-6-10(7)14(19)12-9(17)5-4-8(16(20)21)11(12)13(6)18/h1-5,17H,15H2. The van der Waals surface area contributed by atoms with Crippen LogP contribution in [0.1, 0.15) is 31.8 Å². The fourth-order valence-electron chi connectivity index (χ4n) is 2.46. The highest BCUT2D eigenvalue weighted by atomic mass is 16.6. The highest BCUT2D eigenvalue weighted by molar-refractivity contribution is 6.32. The van der Waals surface area contributed by atoms with E-state index in [1.54, 1.807) is 0 Å². The topological polar surface area (TPSA) is 124 Å². The van der Waals surface area contributed by atoms with Crippen molar-refractivity contribution in [1.82, 2.24) is 0 Å². The molecule has 0 unspecified atom stereocenters. The van der Waals surface area contributed by atoms with Crippen LogP contribution < -0.4 is 5.73 Å². The van der Waals surface area contributed by atoms with Crippen LogP contribution in [-0.4, -0.2) is 21.6 Å². The molecular formula is C14H8N2O5. The van der Waals surface area contributed by atoms with Crippen molar-refractivity contribution in [2.24, 2.45) is 0 Å². The number of nitrogen functional groups attached to an aromatic ring is 1. The van der Waals surface area contributed by atoms with Gasteiger partial charge in [-0.25, -0.2) is 0 Å². The van der Waals surface area contributed by atoms with E-state index >= 15 is 0 Å². The van der Waals surface area contributed by atoms with E-state index in [0.29, 0.717) is 0 Å². The Morgan fingerprint density at radius 2 is 1.71 bits per heavy atom. The molecule has 0 fully saturated rings. The molecule has 2 aromatic carbocycles. The van der Waals surface area contributed by atoms with Gasteiger partial charge in [-0.2, -0.15) is 0 Å². The maximum atomic E-state index is 12.5. The van der Waals surface area contributed by atoms with Crippen molar-refractivity contribution in [3.8, 4) is 5.75 Å². The first kappa shape index (κ1) is 12.8. The summed E-state index contributed by atoms with van der Waals surface area (Å²) in [6.45, 7) is 0. The van der Waals surface area contributed by atoms with E-state index in [2.05, 4.69) is 0 Å². The van der Waals surface area contributed by atoms with Gasteiger partial charge in [0.1, 0.15) is 11.3 Å². The quantitative estimate of drug-likeness (QED) is 0.398. The Labute approximate surface area is 117 Å². The summed E-state index contributed by atoms with van der Waals surface area (Å²) in [5.41, 5.74) is 4.47. The summed E-state index contributed by atoms with van der Waals surface area (Å²) in [6.07, 6.45) is 0. The highest BCUT2D eigenvalue weighted by Crippen LogP contribution is 2.39. The van der Waals surface area contributed by atoms with Gasteiger partial charge in [-0.05, 0) is 12.1 Å². The summed E-state index contributed by atoms with van der Waals surface area (Å²) in [4.78, 5) is 35.2. The summed E-state index contributed by atoms with van der Waals surface area (Å²) in [5.74, 6) is -1.88. The van der Waals surface area contributed by atoms with Crippen LogP contribution >= 0.6 is 0 Å². The normalized spacial score (nSPS) is 12.8. The number of fused-ring (bicyclic) bond motifs is 2. The molecule has 7 heteroatoms. The first-order chi connectivity index (χ1) is 9.93. The molecule has 0 saturated heterocycles. The number of nitro benzene ring substituents is 1. The largest absolute Gasteiger partial charge is 0.507 e. The number of rotatable bonds is 1. The van der Waals surface area contributed by atoms with Crippen molar-refractivity contribution in [1.29, 1.82) is 0 Å². The number of nitrogens with zero attached hydrogens (tertiary/aromatic N) is 1. The Morgan fingerprint density at radius 1 is 1.00 bits per heavy atom. The van der Waals surface area contributed by atoms with E-state index in [9.17, 15) is 24.8 Å². The summed E-state index contributed by atoms with van der Waals surface area (Å²) >= 11 is 0. The number of hydrogen-bond acceptors (Lipinski definition) is 6. The molecule has 0 radical (unpaired) electrons. The summed E-state index contributed by atoms with van der Waals surface area (Å²) in [5, 5.41) is 20.9. The van der Waals surface area contributed by atoms with Gasteiger partial charge in [-0.3, -0.25) is 19.7 Å². The van der Waals surface area contributed by atoms with Crippen LogP contribution in [-0.2, 0) is 0 Å². The minimum Gasteiger partial charge on any atom is -0.507 e. The lowest BCUT2D eigenvalue weighted by Crippen LogP contribution is -2.23. The lowest BCUT2D eigenvalue weighted by molar-refractivity contribution is -0.385. The molecule has 0 bridgehead atoms. The SMILES string of the molecule is Nc1cccc2c1C(=O)c1c(O)ccc([N+](=O)[O-])c1C2=O. The molecule has 3 rings (SSSR count). The van der Waals surface area contributed by atoms with E-state index in [4.69, 9.17) is 5.73 Å². The Hall–Kier alpha value is -3.22. The lowest BCUT2D eigenvalue weighted by atomic mass is 9.82. The fourth-order valence-corrected chi connectivity index (χ4v) is 2.46. The van der Waals surface area contributed by atoms with Crippen LogP contribution in [0.5, 0.6) is 5.75 Å². The van der Waals surface area contributed by atoms with Crippen LogP contribution in [0.15, 0.2) is 30.3 Å². The molecule has 0 heterocycles. The lowest BCUT2D eigenvalue weighted by Gasteiger charge is -2.19. The number of anilines is 1. The number of aromatic hydroxyl groups is 1. The van der Waals surface area contributed by atoms with Gasteiger partial charge in [-0.1, -0.05) is 12.1 Å². The second kappa shape index (κ2) is 4.14. The summed E-state index contributed by atoms with van der Waals surface area (Å²) in [6, 6.07) is 6.33. The molecule has 0 aliphatic heterocycles. The number of benzene rings is 2. The third-order valence-electron chi connectivity index (χ3n) is 3.38. The molecule has 7 nitrogen and oxygen atoms in total. The molecule has 1 aliphatic carbocycles. The van der Waals surface area contributed by atoms with Gasteiger partial charge >= 0.3 is 0 Å². The van der Waals surface area contributed by atoms with Crippen molar-refractivity contribution < 1.29 is 19.6 Å². The van der Waals surface area contributed by atoms with E-state index in [-0.39, 0.29) is 22.4 Å². The number of ketones is 2. The van der Waals surface area contributed by atoms with Crippen molar-refractivity contribution >= 4 is 22.9 Å². The third kappa shape index (κ3) is 1.61. The Bertz CT molecular complexity index is 841. The zero-order valence-electron chi connectivity index (χ0n) is 10.5. The monoisotopic (exact) mass is 284 g/mol. The van der Waals surface area contributed by atoms with Gasteiger partial charge in [0.2, 0.25) is 11.6 Å². The number of hydrogen-bond donors (Lipinski definition) is 2. The molecule has 0 aromatic heterocycles. The Balaban J connectivity index is 2.43. The zero-order valence-corrected chi connectivity index (χ0v) is 10.5. The summed E-state index contributed by atoms with van der Waals surface area (Å²) < 4.78 is 0. The molecule has 2 aromatic rings. The highest BCUT2D eigenvalue weighted by Gasteiger charge is 2.38. The van der Waals surface area contributed by atoms with Gasteiger partial charge in [0.15, 0.2) is 0 Å². The predicted molar refractivity (Wildman–Crippen MR) is 72.5 cm³/mol. The van der Waals surface area contributed by atoms with Crippen molar-refractivity contribution in [2.45, 2.75) is 0 Å². The molecule has 1 aliphatic rings. The van der Waals surface area contributed by atoms with Crippen molar-refractivity contribution in [2.75, 3.05) is 5.73 Å². The van der Waals surface area contributed by atoms with Crippen LogP contribution in [0.3, 0.4) is 0 Å². The Kier molecular flexibility index (Phi) is 2.52. The van der Waals surface area contributed by atoms with Crippen LogP contribution in [0.4, 0.5) is 11.4 Å². The smallest absolute Gasteiger partial charge is 0.281 e. The minimum absolute atomic E-state index is 0.00111. The zero-order chi connectivity index (χ0) is 15.3. The van der Waals surface area contributed by atoms with Gasteiger partial charge in [-0.15, -0.1) is 0 Å². The van der Waals surface area contributed by atoms with Crippen molar-refractivity contribution in [3.63, 3.8) is 0 Å². The summed E-state index contributed by atoms with van der Waals surface area (Å²) in [7, 11) is 0. The molecule has 0 amide bonds. The van der Waals surface area contributed by atoms with Crippen LogP contribution in [0, 0.1) is 10.1 Å². The average Bonchev–Trinajstić information content (AvgIpc) is 2.43. The van der Waals surface area contributed by atoms with Gasteiger partial charge < -0.3 is 10.8 Å². The van der Waals surface area contributed by atoms with Gasteiger partial charge in [0.05, 0.1) is 16.1 Å². The van der Waals surface area contributed by atoms with Crippen LogP contribution in [0.2, 0.25) is 0 Å². The second-order valence-corrected chi connectivity index (χ2v) is 4.54. The molecule has 104 valence electrons.